The first-order chi connectivity index (χ1) is 19.4. The molecule has 0 aliphatic carbocycles. The fraction of sp³-hybridized carbons (Fsp3) is 0.250. The van der Waals surface area contributed by atoms with Crippen LogP contribution in [0.4, 0.5) is 5.69 Å². The van der Waals surface area contributed by atoms with E-state index in [1.54, 1.807) is 23.1 Å². The van der Waals surface area contributed by atoms with Gasteiger partial charge in [0, 0.05) is 70.7 Å². The van der Waals surface area contributed by atoms with Gasteiger partial charge in [0.05, 0.1) is 16.6 Å². The number of aromatic amines is 2. The molecule has 202 valence electrons. The monoisotopic (exact) mass is 570 g/mol. The minimum absolute atomic E-state index is 0.0346. The Balaban J connectivity index is 1.18. The highest BCUT2D eigenvalue weighted by Gasteiger charge is 2.44. The molecule has 4 heterocycles. The van der Waals surface area contributed by atoms with Gasteiger partial charge in [-0.2, -0.15) is 0 Å². The molecule has 1 atom stereocenters. The largest absolute Gasteiger partial charge is 0.361 e. The number of aromatic nitrogens is 2. The van der Waals surface area contributed by atoms with Gasteiger partial charge in [-0.05, 0) is 54.3 Å². The zero-order valence-electron chi connectivity index (χ0n) is 21.8. The van der Waals surface area contributed by atoms with Crippen molar-refractivity contribution in [3.8, 4) is 0 Å². The lowest BCUT2D eigenvalue weighted by atomic mass is 9.67. The van der Waals surface area contributed by atoms with Crippen molar-refractivity contribution >= 4 is 62.5 Å². The molecule has 8 heteroatoms. The third-order valence-corrected chi connectivity index (χ3v) is 9.35. The molecule has 0 bridgehead atoms. The lowest BCUT2D eigenvalue weighted by Gasteiger charge is -2.43. The third-order valence-electron chi connectivity index (χ3n) is 8.81. The van der Waals surface area contributed by atoms with Crippen LogP contribution in [0, 0.1) is 5.92 Å². The number of piperidine rings is 1. The number of anilines is 1. The van der Waals surface area contributed by atoms with Crippen LogP contribution in [0.25, 0.3) is 21.8 Å². The smallest absolute Gasteiger partial charge is 0.228 e. The SMILES string of the molecule is O=C(C1CC(=O)N(c2ccc(Cl)cc2Cl)C1)N1CCC(c2c[nH]c3ccccc23)(c2c[nH]c3ccccc23)CC1. The normalized spacial score (nSPS) is 19.1. The summed E-state index contributed by atoms with van der Waals surface area (Å²) >= 11 is 12.4. The third kappa shape index (κ3) is 4.01. The van der Waals surface area contributed by atoms with Crippen molar-refractivity contribution in [2.24, 2.45) is 5.92 Å². The Labute approximate surface area is 241 Å². The molecule has 1 unspecified atom stereocenters. The molecule has 2 fully saturated rings. The van der Waals surface area contributed by atoms with Crippen LogP contribution in [0.1, 0.15) is 30.4 Å². The van der Waals surface area contributed by atoms with Gasteiger partial charge in [-0.25, -0.2) is 0 Å². The number of amides is 2. The summed E-state index contributed by atoms with van der Waals surface area (Å²) in [5, 5.41) is 3.35. The maximum Gasteiger partial charge on any atom is 0.228 e. The number of nitrogens with one attached hydrogen (secondary N) is 2. The maximum absolute atomic E-state index is 13.8. The topological polar surface area (TPSA) is 72.2 Å². The van der Waals surface area contributed by atoms with Crippen molar-refractivity contribution in [1.82, 2.24) is 14.9 Å². The predicted molar refractivity (Wildman–Crippen MR) is 160 cm³/mol. The van der Waals surface area contributed by atoms with Gasteiger partial charge in [-0.1, -0.05) is 59.6 Å². The van der Waals surface area contributed by atoms with E-state index in [1.165, 1.54) is 21.9 Å². The van der Waals surface area contributed by atoms with E-state index in [9.17, 15) is 9.59 Å². The van der Waals surface area contributed by atoms with E-state index in [2.05, 4.69) is 58.8 Å². The molecule has 0 saturated carbocycles. The van der Waals surface area contributed by atoms with Crippen molar-refractivity contribution in [3.05, 3.63) is 100 Å². The Bertz CT molecular complexity index is 1690. The van der Waals surface area contributed by atoms with Gasteiger partial charge >= 0.3 is 0 Å². The molecule has 7 rings (SSSR count). The summed E-state index contributed by atoms with van der Waals surface area (Å²) in [5.41, 5.74) is 5.09. The summed E-state index contributed by atoms with van der Waals surface area (Å²) in [6.45, 7) is 1.56. The molecule has 2 aromatic heterocycles. The van der Waals surface area contributed by atoms with Crippen molar-refractivity contribution in [2.75, 3.05) is 24.5 Å². The number of carbonyl (C=O) groups is 2. The van der Waals surface area contributed by atoms with Crippen LogP contribution in [0.3, 0.4) is 0 Å². The van der Waals surface area contributed by atoms with Gasteiger partial charge in [0.1, 0.15) is 0 Å². The summed E-state index contributed by atoms with van der Waals surface area (Å²) in [6, 6.07) is 21.9. The lowest BCUT2D eigenvalue weighted by molar-refractivity contribution is -0.137. The standard InChI is InChI=1S/C32H28Cl2N4O2/c33-21-9-10-29(26(34)16-21)38-19-20(15-30(38)39)31(40)37-13-11-32(12-14-37,24-17-35-27-7-3-1-5-22(24)27)25-18-36-28-8-4-2-6-23(25)28/h1-10,16-18,20,35-36H,11-15,19H2. The van der Waals surface area contributed by atoms with Gasteiger partial charge < -0.3 is 19.8 Å². The quantitative estimate of drug-likeness (QED) is 0.246. The summed E-state index contributed by atoms with van der Waals surface area (Å²) in [6.07, 6.45) is 6.05. The van der Waals surface area contributed by atoms with Crippen LogP contribution in [0.2, 0.25) is 10.0 Å². The summed E-state index contributed by atoms with van der Waals surface area (Å²) in [5.74, 6) is -0.452. The molecule has 5 aromatic rings. The number of halogens is 2. The van der Waals surface area contributed by atoms with Crippen molar-refractivity contribution in [1.29, 1.82) is 0 Å². The minimum atomic E-state index is -0.395. The minimum Gasteiger partial charge on any atom is -0.361 e. The van der Waals surface area contributed by atoms with Crippen molar-refractivity contribution < 1.29 is 9.59 Å². The Morgan fingerprint density at radius 2 is 1.45 bits per heavy atom. The zero-order chi connectivity index (χ0) is 27.4. The number of hydrogen-bond donors (Lipinski definition) is 2. The maximum atomic E-state index is 13.8. The molecule has 0 radical (unpaired) electrons. The first-order valence-electron chi connectivity index (χ1n) is 13.6. The Morgan fingerprint density at radius 1 is 0.850 bits per heavy atom. The number of carbonyl (C=O) groups excluding carboxylic acids is 2. The zero-order valence-corrected chi connectivity index (χ0v) is 23.3. The highest BCUT2D eigenvalue weighted by molar-refractivity contribution is 6.36. The van der Waals surface area contributed by atoms with E-state index in [4.69, 9.17) is 23.2 Å². The van der Waals surface area contributed by atoms with Crippen LogP contribution in [-0.4, -0.2) is 46.3 Å². The van der Waals surface area contributed by atoms with Gasteiger partial charge in [0.2, 0.25) is 11.8 Å². The molecule has 6 nitrogen and oxygen atoms in total. The average molecular weight is 572 g/mol. The number of nitrogens with zero attached hydrogens (tertiary/aromatic N) is 2. The summed E-state index contributed by atoms with van der Waals surface area (Å²) in [7, 11) is 0. The summed E-state index contributed by atoms with van der Waals surface area (Å²) < 4.78 is 0. The number of H-pyrrole nitrogens is 2. The molecule has 0 spiro atoms. The molecule has 2 N–H and O–H groups in total. The Hall–Kier alpha value is -3.74. The van der Waals surface area contributed by atoms with Crippen molar-refractivity contribution in [2.45, 2.75) is 24.7 Å². The van der Waals surface area contributed by atoms with Gasteiger partial charge in [0.25, 0.3) is 0 Å². The second-order valence-corrected chi connectivity index (χ2v) is 11.7. The number of hydrogen-bond acceptors (Lipinski definition) is 2. The molecule has 40 heavy (non-hydrogen) atoms. The van der Waals surface area contributed by atoms with Crippen LogP contribution in [0.15, 0.2) is 79.1 Å². The molecular weight excluding hydrogens is 543 g/mol. The Morgan fingerprint density at radius 3 is 2.05 bits per heavy atom. The summed E-state index contributed by atoms with van der Waals surface area (Å²) in [4.78, 5) is 37.2. The molecule has 3 aromatic carbocycles. The molecule has 2 aliphatic heterocycles. The molecule has 2 saturated heterocycles. The van der Waals surface area contributed by atoms with Gasteiger partial charge in [0.15, 0.2) is 0 Å². The fourth-order valence-corrected chi connectivity index (χ4v) is 7.30. The van der Waals surface area contributed by atoms with E-state index in [-0.39, 0.29) is 23.7 Å². The van der Waals surface area contributed by atoms with Crippen LogP contribution < -0.4 is 4.90 Å². The van der Waals surface area contributed by atoms with E-state index in [0.717, 1.165) is 23.9 Å². The lowest BCUT2D eigenvalue weighted by Crippen LogP contribution is -2.47. The molecular formula is C32H28Cl2N4O2. The van der Waals surface area contributed by atoms with E-state index >= 15 is 0 Å². The van der Waals surface area contributed by atoms with Gasteiger partial charge in [-0.15, -0.1) is 0 Å². The van der Waals surface area contributed by atoms with Crippen LogP contribution in [0.5, 0.6) is 0 Å². The highest BCUT2D eigenvalue weighted by atomic mass is 35.5. The van der Waals surface area contributed by atoms with Gasteiger partial charge in [-0.3, -0.25) is 9.59 Å². The average Bonchev–Trinajstić information content (AvgIpc) is 3.70. The predicted octanol–water partition coefficient (Wildman–Crippen LogP) is 6.92. The number of fused-ring (bicyclic) bond motifs is 2. The first-order valence-corrected chi connectivity index (χ1v) is 14.4. The number of benzene rings is 3. The molecule has 2 amide bonds. The van der Waals surface area contributed by atoms with E-state index in [0.29, 0.717) is 35.4 Å². The van der Waals surface area contributed by atoms with E-state index < -0.39 is 5.92 Å². The highest BCUT2D eigenvalue weighted by Crippen LogP contribution is 2.47. The second-order valence-electron chi connectivity index (χ2n) is 10.9. The number of rotatable bonds is 4. The number of para-hydroxylation sites is 2. The van der Waals surface area contributed by atoms with Crippen LogP contribution in [-0.2, 0) is 15.0 Å². The molecule has 2 aliphatic rings. The van der Waals surface area contributed by atoms with E-state index in [1.807, 2.05) is 17.0 Å². The first kappa shape index (κ1) is 25.2. The Kier molecular flexibility index (Phi) is 6.13. The van der Waals surface area contributed by atoms with Crippen LogP contribution >= 0.6 is 23.2 Å². The van der Waals surface area contributed by atoms with Crippen molar-refractivity contribution in [3.63, 3.8) is 0 Å². The number of likely N-dealkylation sites (tertiary alicyclic amines) is 1. The second kappa shape index (κ2) is 9.72. The fourth-order valence-electron chi connectivity index (χ4n) is 6.79.